The normalized spacial score (nSPS) is 15.1. The number of carbonyl (C=O) groups is 1. The van der Waals surface area contributed by atoms with E-state index in [2.05, 4.69) is 25.5 Å². The molecule has 0 atom stereocenters. The maximum absolute atomic E-state index is 14.3. The molecule has 2 N–H and O–H groups in total. The molecule has 9 heteroatoms. The summed E-state index contributed by atoms with van der Waals surface area (Å²) < 4.78 is 20.5. The summed E-state index contributed by atoms with van der Waals surface area (Å²) in [6.45, 7) is 2.01. The van der Waals surface area contributed by atoms with Crippen molar-refractivity contribution in [3.63, 3.8) is 0 Å². The molecule has 2 heterocycles. The molecule has 1 aliphatic heterocycles. The molecule has 1 aliphatic rings. The summed E-state index contributed by atoms with van der Waals surface area (Å²) in [5.41, 5.74) is 0.954. The van der Waals surface area contributed by atoms with Crippen LogP contribution in [0.25, 0.3) is 10.9 Å². The zero-order chi connectivity index (χ0) is 21.8. The van der Waals surface area contributed by atoms with Gasteiger partial charge in [0.15, 0.2) is 5.82 Å². The second-order valence-electron chi connectivity index (χ2n) is 7.39. The third kappa shape index (κ3) is 5.03. The fourth-order valence-electron chi connectivity index (χ4n) is 3.60. The van der Waals surface area contributed by atoms with E-state index < -0.39 is 5.82 Å². The number of nitrogens with one attached hydrogen (secondary N) is 2. The Morgan fingerprint density at radius 3 is 2.84 bits per heavy atom. The molecule has 2 aromatic carbocycles. The molecule has 0 unspecified atom stereocenters. The van der Waals surface area contributed by atoms with Gasteiger partial charge in [0.1, 0.15) is 24.0 Å². The molecule has 162 valence electrons. The van der Waals surface area contributed by atoms with Crippen molar-refractivity contribution in [1.82, 2.24) is 20.2 Å². The molecule has 0 radical (unpaired) electrons. The number of nitrogens with zero attached hydrogens (tertiary/aromatic N) is 3. The van der Waals surface area contributed by atoms with E-state index in [0.29, 0.717) is 23.6 Å². The number of fused-ring (bicyclic) bond motifs is 1. The zero-order valence-corrected chi connectivity index (χ0v) is 17.8. The molecule has 1 amide bonds. The van der Waals surface area contributed by atoms with Gasteiger partial charge in [-0.25, -0.2) is 14.4 Å². The minimum Gasteiger partial charge on any atom is -0.490 e. The highest BCUT2D eigenvalue weighted by molar-refractivity contribution is 6.31. The predicted octanol–water partition coefficient (Wildman–Crippen LogP) is 3.76. The van der Waals surface area contributed by atoms with Crippen molar-refractivity contribution in [2.75, 3.05) is 32.0 Å². The number of ether oxygens (including phenoxy) is 1. The lowest BCUT2D eigenvalue weighted by Gasteiger charge is -2.31. The Bertz CT molecular complexity index is 1090. The Morgan fingerprint density at radius 2 is 2.06 bits per heavy atom. The second kappa shape index (κ2) is 9.45. The minimum absolute atomic E-state index is 0.0186. The SMILES string of the molecule is CNC(=O)CN1CCC(Oc2ccc3ncnc(Nc4cccc(Cl)c4F)c3c2)CC1. The van der Waals surface area contributed by atoms with Gasteiger partial charge >= 0.3 is 0 Å². The summed E-state index contributed by atoms with van der Waals surface area (Å²) in [4.78, 5) is 22.2. The maximum atomic E-state index is 14.3. The lowest BCUT2D eigenvalue weighted by Crippen LogP contribution is -2.43. The molecule has 0 bridgehead atoms. The van der Waals surface area contributed by atoms with E-state index in [0.717, 1.165) is 31.3 Å². The fraction of sp³-hybridized carbons (Fsp3) is 0.318. The van der Waals surface area contributed by atoms with Crippen molar-refractivity contribution in [2.45, 2.75) is 18.9 Å². The van der Waals surface area contributed by atoms with E-state index in [9.17, 15) is 9.18 Å². The van der Waals surface area contributed by atoms with Crippen molar-refractivity contribution >= 4 is 39.9 Å². The van der Waals surface area contributed by atoms with Crippen LogP contribution in [-0.4, -0.2) is 53.6 Å². The van der Waals surface area contributed by atoms with Crippen LogP contribution in [0.3, 0.4) is 0 Å². The number of likely N-dealkylation sites (tertiary alicyclic amines) is 1. The second-order valence-corrected chi connectivity index (χ2v) is 7.80. The molecule has 0 aliphatic carbocycles. The number of piperidine rings is 1. The van der Waals surface area contributed by atoms with Crippen molar-refractivity contribution in [3.05, 3.63) is 53.6 Å². The van der Waals surface area contributed by atoms with Gasteiger partial charge in [0, 0.05) is 25.5 Å². The Labute approximate surface area is 184 Å². The minimum atomic E-state index is -0.535. The Kier molecular flexibility index (Phi) is 6.48. The number of rotatable bonds is 6. The van der Waals surface area contributed by atoms with E-state index in [1.54, 1.807) is 19.2 Å². The monoisotopic (exact) mass is 443 g/mol. The third-order valence-corrected chi connectivity index (χ3v) is 5.59. The number of benzene rings is 2. The number of carbonyl (C=O) groups excluding carboxylic acids is 1. The first kappa shape index (κ1) is 21.3. The number of aromatic nitrogens is 2. The number of hydrogen-bond donors (Lipinski definition) is 2. The number of amides is 1. The highest BCUT2D eigenvalue weighted by atomic mass is 35.5. The van der Waals surface area contributed by atoms with Crippen LogP contribution in [0, 0.1) is 5.82 Å². The van der Waals surface area contributed by atoms with Gasteiger partial charge in [-0.1, -0.05) is 17.7 Å². The lowest BCUT2D eigenvalue weighted by molar-refractivity contribution is -0.122. The number of likely N-dealkylation sites (N-methyl/N-ethyl adjacent to an activating group) is 1. The largest absolute Gasteiger partial charge is 0.490 e. The van der Waals surface area contributed by atoms with Crippen LogP contribution >= 0.6 is 11.6 Å². The lowest BCUT2D eigenvalue weighted by atomic mass is 10.1. The van der Waals surface area contributed by atoms with Gasteiger partial charge in [0.05, 0.1) is 22.8 Å². The predicted molar refractivity (Wildman–Crippen MR) is 118 cm³/mol. The molecule has 7 nitrogen and oxygen atoms in total. The molecule has 31 heavy (non-hydrogen) atoms. The van der Waals surface area contributed by atoms with Gasteiger partial charge in [0.2, 0.25) is 5.91 Å². The number of hydrogen-bond acceptors (Lipinski definition) is 6. The van der Waals surface area contributed by atoms with Crippen LogP contribution in [0.2, 0.25) is 5.02 Å². The highest BCUT2D eigenvalue weighted by Crippen LogP contribution is 2.30. The van der Waals surface area contributed by atoms with Gasteiger partial charge < -0.3 is 15.4 Å². The molecular weight excluding hydrogens is 421 g/mol. The zero-order valence-electron chi connectivity index (χ0n) is 17.1. The molecule has 3 aromatic rings. The van der Waals surface area contributed by atoms with E-state index >= 15 is 0 Å². The quantitative estimate of drug-likeness (QED) is 0.604. The summed E-state index contributed by atoms with van der Waals surface area (Å²) in [7, 11) is 1.64. The van der Waals surface area contributed by atoms with Crippen molar-refractivity contribution < 1.29 is 13.9 Å². The average molecular weight is 444 g/mol. The summed E-state index contributed by atoms with van der Waals surface area (Å²) in [5.74, 6) is 0.649. The average Bonchev–Trinajstić information content (AvgIpc) is 2.78. The smallest absolute Gasteiger partial charge is 0.233 e. The van der Waals surface area contributed by atoms with E-state index in [-0.39, 0.29) is 22.7 Å². The van der Waals surface area contributed by atoms with Crippen LogP contribution in [-0.2, 0) is 4.79 Å². The van der Waals surface area contributed by atoms with Crippen LogP contribution in [0.1, 0.15) is 12.8 Å². The third-order valence-electron chi connectivity index (χ3n) is 5.29. The van der Waals surface area contributed by atoms with Crippen molar-refractivity contribution in [3.8, 4) is 5.75 Å². The summed E-state index contributed by atoms with van der Waals surface area (Å²) in [6, 6.07) is 10.3. The van der Waals surface area contributed by atoms with Crippen LogP contribution in [0.4, 0.5) is 15.9 Å². The Balaban J connectivity index is 1.48. The molecule has 1 fully saturated rings. The molecule has 0 spiro atoms. The summed E-state index contributed by atoms with van der Waals surface area (Å²) >= 11 is 5.88. The summed E-state index contributed by atoms with van der Waals surface area (Å²) in [6.07, 6.45) is 3.15. The summed E-state index contributed by atoms with van der Waals surface area (Å²) in [5, 5.41) is 6.41. The van der Waals surface area contributed by atoms with Crippen molar-refractivity contribution in [1.29, 1.82) is 0 Å². The number of halogens is 2. The Hall–Kier alpha value is -2.97. The van der Waals surface area contributed by atoms with Gasteiger partial charge in [-0.2, -0.15) is 0 Å². The molecule has 1 saturated heterocycles. The van der Waals surface area contributed by atoms with Gasteiger partial charge in [-0.05, 0) is 43.2 Å². The highest BCUT2D eigenvalue weighted by Gasteiger charge is 2.22. The fourth-order valence-corrected chi connectivity index (χ4v) is 3.77. The molecular formula is C22H23ClFN5O2. The van der Waals surface area contributed by atoms with E-state index in [4.69, 9.17) is 16.3 Å². The number of anilines is 2. The molecule has 4 rings (SSSR count). The first-order valence-corrected chi connectivity index (χ1v) is 10.5. The van der Waals surface area contributed by atoms with Crippen LogP contribution in [0.15, 0.2) is 42.7 Å². The molecule has 0 saturated carbocycles. The first-order valence-electron chi connectivity index (χ1n) is 10.1. The van der Waals surface area contributed by atoms with Gasteiger partial charge in [-0.3, -0.25) is 9.69 Å². The van der Waals surface area contributed by atoms with Gasteiger partial charge in [-0.15, -0.1) is 0 Å². The van der Waals surface area contributed by atoms with E-state index in [1.807, 2.05) is 18.2 Å². The van der Waals surface area contributed by atoms with Crippen LogP contribution < -0.4 is 15.4 Å². The first-order chi connectivity index (χ1) is 15.0. The Morgan fingerprint density at radius 1 is 1.26 bits per heavy atom. The topological polar surface area (TPSA) is 79.4 Å². The maximum Gasteiger partial charge on any atom is 0.233 e. The van der Waals surface area contributed by atoms with E-state index in [1.165, 1.54) is 12.4 Å². The van der Waals surface area contributed by atoms with Gasteiger partial charge in [0.25, 0.3) is 0 Å². The standard InChI is InChI=1S/C22H23ClFN5O2/c1-25-20(30)12-29-9-7-14(8-10-29)31-15-5-6-18-16(11-15)22(27-13-26-18)28-19-4-2-3-17(23)21(19)24/h2-6,11,13-14H,7-10,12H2,1H3,(H,25,30)(H,26,27,28). The molecule has 1 aromatic heterocycles. The van der Waals surface area contributed by atoms with Crippen molar-refractivity contribution in [2.24, 2.45) is 0 Å². The van der Waals surface area contributed by atoms with Crippen LogP contribution in [0.5, 0.6) is 5.75 Å².